The molecule has 0 saturated carbocycles. The zero-order chi connectivity index (χ0) is 43.4. The van der Waals surface area contributed by atoms with Crippen LogP contribution in [-0.2, 0) is 44.6 Å². The molecule has 2 amide bonds. The number of Topliss-reactive ketones (excluding diaryl/α,β-unsaturated/α-hetero) is 2. The van der Waals surface area contributed by atoms with Crippen LogP contribution in [0.4, 0.5) is 0 Å². The number of benzene rings is 1. The molecule has 0 spiro atoms. The van der Waals surface area contributed by atoms with E-state index in [2.05, 4.69) is 0 Å². The highest BCUT2D eigenvalue weighted by Crippen LogP contribution is 2.32. The maximum atomic E-state index is 14.3. The smallest absolute Gasteiger partial charge is 0.310 e. The Morgan fingerprint density at radius 3 is 2.00 bits per heavy atom. The van der Waals surface area contributed by atoms with Crippen LogP contribution in [0.15, 0.2) is 30.3 Å². The number of likely N-dealkylation sites (N-methyl/N-ethyl adjacent to an activating group) is 2. The fourth-order valence-corrected chi connectivity index (χ4v) is 8.64. The number of carbonyl (C=O) groups is 5. The maximum Gasteiger partial charge on any atom is 0.310 e. The maximum absolute atomic E-state index is 14.3. The number of hydrogen-bond donors (Lipinski definition) is 1. The number of methoxy groups -OCH3 is 2. The van der Waals surface area contributed by atoms with Crippen molar-refractivity contribution in [2.75, 3.05) is 41.9 Å². The molecule has 10 atom stereocenters. The number of rotatable bonds is 23. The molecular weight excluding hydrogens is 725 g/mol. The van der Waals surface area contributed by atoms with Crippen molar-refractivity contribution in [2.45, 2.75) is 149 Å². The van der Waals surface area contributed by atoms with Crippen LogP contribution in [0.2, 0.25) is 0 Å². The van der Waals surface area contributed by atoms with Crippen molar-refractivity contribution in [1.29, 1.82) is 0 Å². The molecule has 1 aliphatic rings. The summed E-state index contributed by atoms with van der Waals surface area (Å²) in [5.74, 6) is -2.99. The Morgan fingerprint density at radius 1 is 0.895 bits per heavy atom. The van der Waals surface area contributed by atoms with Crippen molar-refractivity contribution in [3.05, 3.63) is 35.9 Å². The number of nitrogens with zero attached hydrogens (tertiary/aromatic N) is 3. The average molecular weight is 801 g/mol. The molecule has 0 aromatic heterocycles. The highest BCUT2D eigenvalue weighted by atomic mass is 16.6. The van der Waals surface area contributed by atoms with Crippen molar-refractivity contribution in [3.63, 3.8) is 0 Å². The third kappa shape index (κ3) is 14.3. The van der Waals surface area contributed by atoms with E-state index in [-0.39, 0.29) is 66.6 Å². The largest absolute Gasteiger partial charge is 0.460 e. The van der Waals surface area contributed by atoms with Gasteiger partial charge in [-0.1, -0.05) is 71.4 Å². The molecule has 0 unspecified atom stereocenters. The summed E-state index contributed by atoms with van der Waals surface area (Å²) in [6, 6.07) is 7.83. The fraction of sp³-hybridized carbons (Fsp3) is 0.756. The van der Waals surface area contributed by atoms with Crippen LogP contribution in [0, 0.1) is 29.6 Å². The van der Waals surface area contributed by atoms with E-state index in [1.165, 1.54) is 0 Å². The summed E-state index contributed by atoms with van der Waals surface area (Å²) in [5, 5.41) is 0. The van der Waals surface area contributed by atoms with E-state index in [1.54, 1.807) is 38.0 Å². The second-order valence-electron chi connectivity index (χ2n) is 18.0. The molecule has 1 heterocycles. The molecule has 0 bridgehead atoms. The molecule has 57 heavy (non-hydrogen) atoms. The Morgan fingerprint density at radius 2 is 1.51 bits per heavy atom. The Labute approximate surface area is 343 Å². The number of likely N-dealkylation sites (tertiary alicyclic amines) is 1. The Bertz CT molecular complexity index is 1440. The summed E-state index contributed by atoms with van der Waals surface area (Å²) in [5.41, 5.74) is 6.63. The van der Waals surface area contributed by atoms with E-state index in [1.807, 2.05) is 105 Å². The van der Waals surface area contributed by atoms with Crippen LogP contribution in [-0.4, -0.2) is 128 Å². The van der Waals surface area contributed by atoms with Gasteiger partial charge in [0.15, 0.2) is 5.78 Å². The van der Waals surface area contributed by atoms with Crippen LogP contribution >= 0.6 is 0 Å². The summed E-state index contributed by atoms with van der Waals surface area (Å²) < 4.78 is 17.8. The fourth-order valence-electron chi connectivity index (χ4n) is 8.64. The number of hydrogen-bond acceptors (Lipinski definition) is 10. The standard InChI is InChI=1S/C45H76N4O8/c1-15-29(4)41(48(12)43(53)34(31(6)46)26-37(51)40(28(2)3)47(10)11)38(55-13)27-39(52)49-23-19-22-35(49)42(56-14)30(5)36(50)25-33(44(54)57-45(7,8)9)24-32-20-17-16-18-21-32/h16-18,20-21,28-31,33-35,38,40-42H,15,19,22-27,46H2,1-14H3/t29-,30-,31-,33+,34-,35-,38+,40-,41-,42+/m0/s1. The van der Waals surface area contributed by atoms with Crippen molar-refractivity contribution in [3.8, 4) is 0 Å². The molecule has 1 fully saturated rings. The number of ketones is 2. The normalized spacial score (nSPS) is 19.6. The summed E-state index contributed by atoms with van der Waals surface area (Å²) in [4.78, 5) is 74.8. The molecule has 12 nitrogen and oxygen atoms in total. The Kier molecular flexibility index (Phi) is 20.0. The van der Waals surface area contributed by atoms with Gasteiger partial charge in [-0.2, -0.15) is 0 Å². The first kappa shape index (κ1) is 50.0. The van der Waals surface area contributed by atoms with Gasteiger partial charge in [0, 0.05) is 52.6 Å². The minimum absolute atomic E-state index is 0.00795. The van der Waals surface area contributed by atoms with Crippen LogP contribution < -0.4 is 5.73 Å². The lowest BCUT2D eigenvalue weighted by atomic mass is 9.85. The predicted octanol–water partition coefficient (Wildman–Crippen LogP) is 5.58. The number of carbonyl (C=O) groups excluding carboxylic acids is 5. The zero-order valence-electron chi connectivity index (χ0n) is 37.6. The highest BCUT2D eigenvalue weighted by Gasteiger charge is 2.44. The van der Waals surface area contributed by atoms with Gasteiger partial charge in [0.05, 0.1) is 48.6 Å². The van der Waals surface area contributed by atoms with Gasteiger partial charge in [-0.3, -0.25) is 28.9 Å². The zero-order valence-corrected chi connectivity index (χ0v) is 37.6. The van der Waals surface area contributed by atoms with E-state index in [0.717, 1.165) is 18.4 Å². The molecule has 12 heteroatoms. The molecular formula is C45H76N4O8. The summed E-state index contributed by atoms with van der Waals surface area (Å²) in [7, 11) is 8.56. The number of nitrogens with two attached hydrogens (primary N) is 1. The molecule has 2 N–H and O–H groups in total. The van der Waals surface area contributed by atoms with E-state index in [0.29, 0.717) is 19.4 Å². The highest BCUT2D eigenvalue weighted by molar-refractivity contribution is 5.90. The van der Waals surface area contributed by atoms with Crippen LogP contribution in [0.3, 0.4) is 0 Å². The Hall–Kier alpha value is -3.19. The van der Waals surface area contributed by atoms with E-state index < -0.39 is 53.6 Å². The molecule has 0 radical (unpaired) electrons. The van der Waals surface area contributed by atoms with Crippen LogP contribution in [0.5, 0.6) is 0 Å². The van der Waals surface area contributed by atoms with Crippen LogP contribution in [0.1, 0.15) is 106 Å². The second-order valence-corrected chi connectivity index (χ2v) is 18.0. The van der Waals surface area contributed by atoms with Crippen molar-refractivity contribution in [1.82, 2.24) is 14.7 Å². The summed E-state index contributed by atoms with van der Waals surface area (Å²) in [6.07, 6.45) is 1.24. The lowest BCUT2D eigenvalue weighted by Gasteiger charge is -2.41. The number of amides is 2. The molecule has 0 aliphatic carbocycles. The van der Waals surface area contributed by atoms with Gasteiger partial charge < -0.3 is 29.7 Å². The number of esters is 1. The van der Waals surface area contributed by atoms with Gasteiger partial charge in [0.1, 0.15) is 11.4 Å². The molecule has 1 saturated heterocycles. The molecule has 1 aliphatic heterocycles. The van der Waals surface area contributed by atoms with Crippen molar-refractivity contribution >= 4 is 29.4 Å². The number of ether oxygens (including phenoxy) is 3. The van der Waals surface area contributed by atoms with E-state index >= 15 is 0 Å². The first-order valence-electron chi connectivity index (χ1n) is 21.0. The van der Waals surface area contributed by atoms with Gasteiger partial charge in [-0.15, -0.1) is 0 Å². The van der Waals surface area contributed by atoms with Crippen molar-refractivity contribution < 1.29 is 38.2 Å². The first-order valence-corrected chi connectivity index (χ1v) is 21.0. The minimum Gasteiger partial charge on any atom is -0.460 e. The molecule has 1 aromatic carbocycles. The third-order valence-corrected chi connectivity index (χ3v) is 11.8. The quantitative estimate of drug-likeness (QED) is 0.139. The Balaban J connectivity index is 2.32. The molecule has 324 valence electrons. The topological polar surface area (TPSA) is 149 Å². The SMILES string of the molecule is CC[C@H](C)[C@@H]([C@@H](CC(=O)N1CCC[C@H]1[C@H](OC)[C@@H](C)C(=O)C[C@@H](Cc1ccccc1)C(=O)OC(C)(C)C)OC)N(C)C(=O)[C@@H](CC(=O)[C@H](C(C)C)N(C)C)[C@H](C)N. The monoisotopic (exact) mass is 801 g/mol. The van der Waals surface area contributed by atoms with Gasteiger partial charge >= 0.3 is 5.97 Å². The molecule has 1 aromatic rings. The van der Waals surface area contributed by atoms with Gasteiger partial charge in [-0.05, 0) is 78.5 Å². The predicted molar refractivity (Wildman–Crippen MR) is 224 cm³/mol. The van der Waals surface area contributed by atoms with Gasteiger partial charge in [-0.25, -0.2) is 0 Å². The van der Waals surface area contributed by atoms with Crippen LogP contribution in [0.25, 0.3) is 0 Å². The lowest BCUT2D eigenvalue weighted by Crippen LogP contribution is -2.55. The minimum atomic E-state index is -0.740. The van der Waals surface area contributed by atoms with Crippen molar-refractivity contribution in [2.24, 2.45) is 35.3 Å². The first-order chi connectivity index (χ1) is 26.6. The third-order valence-electron chi connectivity index (χ3n) is 11.8. The second kappa shape index (κ2) is 22.8. The molecule has 2 rings (SSSR count). The average Bonchev–Trinajstić information content (AvgIpc) is 3.62. The van der Waals surface area contributed by atoms with E-state index in [9.17, 15) is 24.0 Å². The van der Waals surface area contributed by atoms with E-state index in [4.69, 9.17) is 19.9 Å². The van der Waals surface area contributed by atoms with Gasteiger partial charge in [0.25, 0.3) is 0 Å². The lowest BCUT2D eigenvalue weighted by molar-refractivity contribution is -0.161. The van der Waals surface area contributed by atoms with Gasteiger partial charge in [0.2, 0.25) is 11.8 Å². The summed E-state index contributed by atoms with van der Waals surface area (Å²) >= 11 is 0. The summed E-state index contributed by atoms with van der Waals surface area (Å²) in [6.45, 7) is 17.5.